The minimum absolute atomic E-state index is 0.112. The first-order chi connectivity index (χ1) is 9.43. The van der Waals surface area contributed by atoms with Crippen molar-refractivity contribution < 1.29 is 19.4 Å². The van der Waals surface area contributed by atoms with Crippen molar-refractivity contribution in [3.8, 4) is 0 Å². The molecule has 1 unspecified atom stereocenters. The van der Waals surface area contributed by atoms with E-state index in [1.807, 2.05) is 20.8 Å². The van der Waals surface area contributed by atoms with Crippen molar-refractivity contribution in [3.63, 3.8) is 0 Å². The summed E-state index contributed by atoms with van der Waals surface area (Å²) in [5, 5.41) is 14.5. The molecule has 1 aliphatic heterocycles. The SMILES string of the molecule is CC(C)C[C@H](NC(=O)[C@@H]1CO1)C(=O)NCCC(C)CO. The van der Waals surface area contributed by atoms with Crippen molar-refractivity contribution in [1.29, 1.82) is 0 Å². The van der Waals surface area contributed by atoms with E-state index < -0.39 is 6.04 Å². The standard InChI is InChI=1S/C14H26N2O4/c1-9(2)6-11(16-14(19)12-8-20-12)13(18)15-5-4-10(3)7-17/h9-12,17H,4-8H2,1-3H3,(H,15,18)(H,16,19)/t10?,11-,12-/m0/s1. The lowest BCUT2D eigenvalue weighted by Crippen LogP contribution is -2.49. The van der Waals surface area contributed by atoms with Crippen LogP contribution in [0.5, 0.6) is 0 Å². The number of nitrogens with one attached hydrogen (secondary N) is 2. The Morgan fingerprint density at radius 2 is 2.00 bits per heavy atom. The molecule has 1 rings (SSSR count). The van der Waals surface area contributed by atoms with Crippen LogP contribution in [0.4, 0.5) is 0 Å². The monoisotopic (exact) mass is 286 g/mol. The molecule has 1 saturated heterocycles. The molecule has 3 N–H and O–H groups in total. The zero-order valence-electron chi connectivity index (χ0n) is 12.5. The number of hydrogen-bond donors (Lipinski definition) is 3. The summed E-state index contributed by atoms with van der Waals surface area (Å²) >= 11 is 0. The summed E-state index contributed by atoms with van der Waals surface area (Å²) in [7, 11) is 0. The summed E-state index contributed by atoms with van der Waals surface area (Å²) in [5.41, 5.74) is 0. The van der Waals surface area contributed by atoms with Crippen LogP contribution >= 0.6 is 0 Å². The predicted octanol–water partition coefficient (Wildman–Crippen LogP) is 0.0508. The molecule has 6 nitrogen and oxygen atoms in total. The van der Waals surface area contributed by atoms with Gasteiger partial charge in [-0.15, -0.1) is 0 Å². The molecule has 3 atom stereocenters. The van der Waals surface area contributed by atoms with Gasteiger partial charge in [0.05, 0.1) is 6.61 Å². The molecule has 6 heteroatoms. The molecule has 0 aliphatic carbocycles. The number of aliphatic hydroxyl groups is 1. The predicted molar refractivity (Wildman–Crippen MR) is 75.0 cm³/mol. The van der Waals surface area contributed by atoms with Crippen molar-refractivity contribution >= 4 is 11.8 Å². The Morgan fingerprint density at radius 1 is 1.35 bits per heavy atom. The Labute approximate surface area is 120 Å². The van der Waals surface area contributed by atoms with Crippen LogP contribution in [0.3, 0.4) is 0 Å². The Bertz CT molecular complexity index is 329. The smallest absolute Gasteiger partial charge is 0.252 e. The highest BCUT2D eigenvalue weighted by Gasteiger charge is 2.34. The largest absolute Gasteiger partial charge is 0.396 e. The number of amides is 2. The van der Waals surface area contributed by atoms with Crippen molar-refractivity contribution in [2.75, 3.05) is 19.8 Å². The van der Waals surface area contributed by atoms with E-state index in [0.717, 1.165) is 6.42 Å². The minimum atomic E-state index is -0.517. The number of carbonyl (C=O) groups excluding carboxylic acids is 2. The fourth-order valence-corrected chi connectivity index (χ4v) is 1.82. The lowest BCUT2D eigenvalue weighted by Gasteiger charge is -2.20. The summed E-state index contributed by atoms with van der Waals surface area (Å²) in [6, 6.07) is -0.517. The first kappa shape index (κ1) is 16.9. The van der Waals surface area contributed by atoms with Crippen LogP contribution in [0.15, 0.2) is 0 Å². The van der Waals surface area contributed by atoms with Gasteiger partial charge in [-0.05, 0) is 24.7 Å². The first-order valence-corrected chi connectivity index (χ1v) is 7.24. The van der Waals surface area contributed by atoms with E-state index in [-0.39, 0.29) is 30.4 Å². The highest BCUT2D eigenvalue weighted by molar-refractivity contribution is 5.90. The topological polar surface area (TPSA) is 91.0 Å². The molecular weight excluding hydrogens is 260 g/mol. The van der Waals surface area contributed by atoms with Gasteiger partial charge >= 0.3 is 0 Å². The lowest BCUT2D eigenvalue weighted by molar-refractivity contribution is -0.130. The van der Waals surface area contributed by atoms with Gasteiger partial charge in [-0.3, -0.25) is 9.59 Å². The second-order valence-electron chi connectivity index (χ2n) is 5.88. The highest BCUT2D eigenvalue weighted by Crippen LogP contribution is 2.11. The van der Waals surface area contributed by atoms with E-state index >= 15 is 0 Å². The maximum Gasteiger partial charge on any atom is 0.252 e. The Balaban J connectivity index is 2.40. The fourth-order valence-electron chi connectivity index (χ4n) is 1.82. The van der Waals surface area contributed by atoms with E-state index in [1.54, 1.807) is 0 Å². The van der Waals surface area contributed by atoms with E-state index in [9.17, 15) is 9.59 Å². The molecule has 1 fully saturated rings. The Kier molecular flexibility index (Phi) is 6.95. The van der Waals surface area contributed by atoms with Gasteiger partial charge in [-0.25, -0.2) is 0 Å². The molecule has 116 valence electrons. The Hall–Kier alpha value is -1.14. The van der Waals surface area contributed by atoms with Crippen LogP contribution < -0.4 is 10.6 Å². The van der Waals surface area contributed by atoms with E-state index in [0.29, 0.717) is 25.5 Å². The van der Waals surface area contributed by atoms with Gasteiger partial charge in [0.2, 0.25) is 5.91 Å². The number of epoxide rings is 1. The van der Waals surface area contributed by atoms with Gasteiger partial charge < -0.3 is 20.5 Å². The third kappa shape index (κ3) is 6.34. The summed E-state index contributed by atoms with van der Waals surface area (Å²) in [6.45, 7) is 6.99. The van der Waals surface area contributed by atoms with Gasteiger partial charge in [-0.2, -0.15) is 0 Å². The average Bonchev–Trinajstić information content (AvgIpc) is 3.21. The third-order valence-corrected chi connectivity index (χ3v) is 3.21. The summed E-state index contributed by atoms with van der Waals surface area (Å²) < 4.78 is 4.91. The number of carbonyl (C=O) groups is 2. The molecule has 0 radical (unpaired) electrons. The van der Waals surface area contributed by atoms with E-state index in [1.165, 1.54) is 0 Å². The number of ether oxygens (including phenoxy) is 1. The van der Waals surface area contributed by atoms with Crippen molar-refractivity contribution in [2.24, 2.45) is 11.8 Å². The summed E-state index contributed by atoms with van der Waals surface area (Å²) in [4.78, 5) is 23.8. The zero-order chi connectivity index (χ0) is 15.1. The molecule has 1 aliphatic rings. The van der Waals surface area contributed by atoms with Gasteiger partial charge in [0.1, 0.15) is 6.04 Å². The molecule has 2 amide bonds. The van der Waals surface area contributed by atoms with Crippen LogP contribution in [0.2, 0.25) is 0 Å². The van der Waals surface area contributed by atoms with E-state index in [2.05, 4.69) is 10.6 Å². The second-order valence-corrected chi connectivity index (χ2v) is 5.88. The Morgan fingerprint density at radius 3 is 2.50 bits per heavy atom. The van der Waals surface area contributed by atoms with E-state index in [4.69, 9.17) is 9.84 Å². The van der Waals surface area contributed by atoms with Crippen LogP contribution in [0.1, 0.15) is 33.6 Å². The fraction of sp³-hybridized carbons (Fsp3) is 0.857. The van der Waals surface area contributed by atoms with Crippen LogP contribution in [0, 0.1) is 11.8 Å². The first-order valence-electron chi connectivity index (χ1n) is 7.24. The molecule has 20 heavy (non-hydrogen) atoms. The van der Waals surface area contributed by atoms with Gasteiger partial charge in [0.15, 0.2) is 6.10 Å². The van der Waals surface area contributed by atoms with Crippen molar-refractivity contribution in [1.82, 2.24) is 10.6 Å². The van der Waals surface area contributed by atoms with Gasteiger partial charge in [-0.1, -0.05) is 20.8 Å². The van der Waals surface area contributed by atoms with Crippen LogP contribution in [0.25, 0.3) is 0 Å². The lowest BCUT2D eigenvalue weighted by atomic mass is 10.0. The number of hydrogen-bond acceptors (Lipinski definition) is 4. The third-order valence-electron chi connectivity index (χ3n) is 3.21. The number of aliphatic hydroxyl groups excluding tert-OH is 1. The highest BCUT2D eigenvalue weighted by atomic mass is 16.6. The quantitative estimate of drug-likeness (QED) is 0.522. The maximum absolute atomic E-state index is 12.1. The average molecular weight is 286 g/mol. The van der Waals surface area contributed by atoms with Gasteiger partial charge in [0, 0.05) is 13.2 Å². The van der Waals surface area contributed by atoms with Gasteiger partial charge in [0.25, 0.3) is 5.91 Å². The summed E-state index contributed by atoms with van der Waals surface area (Å²) in [5.74, 6) is 0.0863. The summed E-state index contributed by atoms with van der Waals surface area (Å²) in [6.07, 6.45) is 0.933. The molecule has 1 heterocycles. The van der Waals surface area contributed by atoms with Crippen LogP contribution in [-0.4, -0.2) is 48.8 Å². The van der Waals surface area contributed by atoms with Crippen LogP contribution in [-0.2, 0) is 14.3 Å². The van der Waals surface area contributed by atoms with Crippen molar-refractivity contribution in [3.05, 3.63) is 0 Å². The maximum atomic E-state index is 12.1. The molecule has 0 aromatic heterocycles. The number of rotatable bonds is 9. The minimum Gasteiger partial charge on any atom is -0.396 e. The molecular formula is C14H26N2O4. The molecule has 0 spiro atoms. The molecule has 0 aromatic rings. The normalized spacial score (nSPS) is 20.4. The second kappa shape index (κ2) is 8.21. The molecule has 0 aromatic carbocycles. The zero-order valence-corrected chi connectivity index (χ0v) is 12.5. The molecule has 0 bridgehead atoms. The van der Waals surface area contributed by atoms with Crippen molar-refractivity contribution in [2.45, 2.75) is 45.8 Å². The molecule has 0 saturated carbocycles.